The van der Waals surface area contributed by atoms with Crippen LogP contribution >= 0.6 is 0 Å². The zero-order chi connectivity index (χ0) is 14.5. The summed E-state index contributed by atoms with van der Waals surface area (Å²) in [5, 5.41) is 0. The second kappa shape index (κ2) is 6.31. The molecule has 0 saturated heterocycles. The Morgan fingerprint density at radius 3 is 2.67 bits per heavy atom. The summed E-state index contributed by atoms with van der Waals surface area (Å²) in [6, 6.07) is 15.2. The Morgan fingerprint density at radius 2 is 1.81 bits per heavy atom. The Kier molecular flexibility index (Phi) is 4.05. The molecule has 0 unspecified atom stereocenters. The van der Waals surface area contributed by atoms with E-state index >= 15 is 0 Å². The van der Waals surface area contributed by atoms with Crippen LogP contribution in [0.5, 0.6) is 11.5 Å². The van der Waals surface area contributed by atoms with Crippen LogP contribution in [0, 0.1) is 0 Å². The van der Waals surface area contributed by atoms with E-state index in [1.165, 1.54) is 0 Å². The Morgan fingerprint density at radius 1 is 1.00 bits per heavy atom. The third-order valence-electron chi connectivity index (χ3n) is 3.25. The minimum absolute atomic E-state index is 0.341. The molecule has 0 radical (unpaired) electrons. The van der Waals surface area contributed by atoms with Gasteiger partial charge < -0.3 is 14.2 Å². The summed E-state index contributed by atoms with van der Waals surface area (Å²) in [5.74, 6) is 0.695. The maximum absolute atomic E-state index is 12.1. The van der Waals surface area contributed by atoms with Crippen molar-refractivity contribution in [3.05, 3.63) is 59.7 Å². The van der Waals surface area contributed by atoms with Gasteiger partial charge in [-0.3, -0.25) is 0 Å². The predicted octanol–water partition coefficient (Wildman–Crippen LogP) is 2.86. The summed E-state index contributed by atoms with van der Waals surface area (Å²) in [6.07, 6.45) is 0.693. The molecule has 0 spiro atoms. The van der Waals surface area contributed by atoms with Crippen LogP contribution in [0.3, 0.4) is 0 Å². The average molecular weight is 284 g/mol. The van der Waals surface area contributed by atoms with Gasteiger partial charge in [-0.15, -0.1) is 0 Å². The number of benzene rings is 2. The first kappa shape index (κ1) is 13.5. The van der Waals surface area contributed by atoms with E-state index in [1.54, 1.807) is 18.2 Å². The number of carbonyl (C=O) groups excluding carboxylic acids is 1. The number of esters is 1. The summed E-state index contributed by atoms with van der Waals surface area (Å²) in [6.45, 7) is 1.29. The second-order valence-electron chi connectivity index (χ2n) is 4.70. The van der Waals surface area contributed by atoms with E-state index in [0.29, 0.717) is 43.3 Å². The van der Waals surface area contributed by atoms with Crippen molar-refractivity contribution in [2.75, 3.05) is 19.8 Å². The van der Waals surface area contributed by atoms with Gasteiger partial charge in [0.1, 0.15) is 18.8 Å². The van der Waals surface area contributed by atoms with E-state index in [9.17, 15) is 4.79 Å². The van der Waals surface area contributed by atoms with Crippen molar-refractivity contribution < 1.29 is 19.0 Å². The van der Waals surface area contributed by atoms with Crippen LogP contribution in [0.4, 0.5) is 0 Å². The second-order valence-corrected chi connectivity index (χ2v) is 4.70. The van der Waals surface area contributed by atoms with Gasteiger partial charge in [-0.05, 0) is 17.7 Å². The fourth-order valence-electron chi connectivity index (χ4n) is 2.22. The molecule has 0 saturated carbocycles. The molecule has 0 atom stereocenters. The molecule has 0 bridgehead atoms. The molecule has 0 amide bonds. The number of ether oxygens (including phenoxy) is 3. The number of para-hydroxylation sites is 1. The topological polar surface area (TPSA) is 44.8 Å². The molecule has 2 aromatic rings. The lowest BCUT2D eigenvalue weighted by atomic mass is 10.1. The van der Waals surface area contributed by atoms with E-state index < -0.39 is 0 Å². The van der Waals surface area contributed by atoms with Gasteiger partial charge in [-0.1, -0.05) is 36.4 Å². The number of hydrogen-bond acceptors (Lipinski definition) is 4. The number of fused-ring (bicyclic) bond motifs is 1. The average Bonchev–Trinajstić information content (AvgIpc) is 2.55. The smallest absolute Gasteiger partial charge is 0.342 e. The number of hydrogen-bond donors (Lipinski definition) is 0. The summed E-state index contributed by atoms with van der Waals surface area (Å²) in [7, 11) is 0. The fraction of sp³-hybridized carbons (Fsp3) is 0.235. The Hall–Kier alpha value is -2.49. The zero-order valence-corrected chi connectivity index (χ0v) is 11.6. The lowest BCUT2D eigenvalue weighted by Crippen LogP contribution is -2.18. The van der Waals surface area contributed by atoms with E-state index in [1.807, 2.05) is 30.3 Å². The molecule has 108 valence electrons. The third kappa shape index (κ3) is 3.16. The molecule has 0 aromatic heterocycles. The van der Waals surface area contributed by atoms with Gasteiger partial charge in [0.2, 0.25) is 0 Å². The molecule has 0 fully saturated rings. The lowest BCUT2D eigenvalue weighted by Gasteiger charge is -2.20. The van der Waals surface area contributed by atoms with Crippen LogP contribution < -0.4 is 9.47 Å². The van der Waals surface area contributed by atoms with E-state index in [-0.39, 0.29) is 5.97 Å². The monoisotopic (exact) mass is 284 g/mol. The van der Waals surface area contributed by atoms with Gasteiger partial charge in [0.15, 0.2) is 11.5 Å². The van der Waals surface area contributed by atoms with Crippen molar-refractivity contribution in [2.45, 2.75) is 6.42 Å². The van der Waals surface area contributed by atoms with Crippen molar-refractivity contribution in [3.63, 3.8) is 0 Å². The Labute approximate surface area is 123 Å². The number of carbonyl (C=O) groups is 1. The summed E-state index contributed by atoms with van der Waals surface area (Å²) < 4.78 is 16.3. The molecule has 1 heterocycles. The molecular formula is C17H16O4. The van der Waals surface area contributed by atoms with Crippen LogP contribution in [-0.2, 0) is 11.2 Å². The van der Waals surface area contributed by atoms with Crippen molar-refractivity contribution >= 4 is 5.97 Å². The minimum Gasteiger partial charge on any atom is -0.486 e. The first-order valence-corrected chi connectivity index (χ1v) is 6.94. The Balaban J connectivity index is 1.63. The molecule has 4 nitrogen and oxygen atoms in total. The maximum Gasteiger partial charge on any atom is 0.342 e. The van der Waals surface area contributed by atoms with E-state index in [4.69, 9.17) is 14.2 Å². The highest BCUT2D eigenvalue weighted by molar-refractivity contribution is 5.93. The predicted molar refractivity (Wildman–Crippen MR) is 77.9 cm³/mol. The SMILES string of the molecule is O=C(OCCc1ccccc1)c1cccc2c1OCCO2. The van der Waals surface area contributed by atoms with Gasteiger partial charge in [0, 0.05) is 6.42 Å². The molecule has 21 heavy (non-hydrogen) atoms. The van der Waals surface area contributed by atoms with Crippen LogP contribution in [0.1, 0.15) is 15.9 Å². The van der Waals surface area contributed by atoms with E-state index in [2.05, 4.69) is 0 Å². The molecular weight excluding hydrogens is 268 g/mol. The lowest BCUT2D eigenvalue weighted by molar-refractivity contribution is 0.0499. The van der Waals surface area contributed by atoms with Gasteiger partial charge >= 0.3 is 5.97 Å². The quantitative estimate of drug-likeness (QED) is 0.810. The highest BCUT2D eigenvalue weighted by Gasteiger charge is 2.21. The van der Waals surface area contributed by atoms with Crippen LogP contribution in [-0.4, -0.2) is 25.8 Å². The maximum atomic E-state index is 12.1. The largest absolute Gasteiger partial charge is 0.486 e. The normalized spacial score (nSPS) is 12.8. The molecule has 4 heteroatoms. The standard InChI is InChI=1S/C17H16O4/c18-17(21-10-9-13-5-2-1-3-6-13)14-7-4-8-15-16(14)20-12-11-19-15/h1-8H,9-12H2. The fourth-order valence-corrected chi connectivity index (χ4v) is 2.22. The first-order valence-electron chi connectivity index (χ1n) is 6.94. The molecule has 1 aliphatic heterocycles. The van der Waals surface area contributed by atoms with Crippen molar-refractivity contribution in [1.29, 1.82) is 0 Å². The van der Waals surface area contributed by atoms with Crippen molar-refractivity contribution in [1.82, 2.24) is 0 Å². The zero-order valence-electron chi connectivity index (χ0n) is 11.6. The van der Waals surface area contributed by atoms with Crippen LogP contribution in [0.25, 0.3) is 0 Å². The molecule has 1 aliphatic rings. The molecule has 0 N–H and O–H groups in total. The summed E-state index contributed by atoms with van der Waals surface area (Å²) >= 11 is 0. The Bertz CT molecular complexity index is 622. The van der Waals surface area contributed by atoms with E-state index in [0.717, 1.165) is 5.56 Å². The summed E-state index contributed by atoms with van der Waals surface area (Å²) in [4.78, 5) is 12.1. The first-order chi connectivity index (χ1) is 10.3. The summed E-state index contributed by atoms with van der Waals surface area (Å²) in [5.41, 5.74) is 1.56. The number of rotatable bonds is 4. The van der Waals surface area contributed by atoms with Crippen molar-refractivity contribution in [2.24, 2.45) is 0 Å². The van der Waals surface area contributed by atoms with Crippen LogP contribution in [0.15, 0.2) is 48.5 Å². The van der Waals surface area contributed by atoms with Gasteiger partial charge in [0.25, 0.3) is 0 Å². The molecule has 0 aliphatic carbocycles. The van der Waals surface area contributed by atoms with Crippen LogP contribution in [0.2, 0.25) is 0 Å². The molecule has 3 rings (SSSR count). The third-order valence-corrected chi connectivity index (χ3v) is 3.25. The highest BCUT2D eigenvalue weighted by atomic mass is 16.6. The van der Waals surface area contributed by atoms with Gasteiger partial charge in [0.05, 0.1) is 6.61 Å². The molecule has 2 aromatic carbocycles. The van der Waals surface area contributed by atoms with Crippen molar-refractivity contribution in [3.8, 4) is 11.5 Å². The van der Waals surface area contributed by atoms with Gasteiger partial charge in [-0.2, -0.15) is 0 Å². The highest BCUT2D eigenvalue weighted by Crippen LogP contribution is 2.33. The minimum atomic E-state index is -0.381. The van der Waals surface area contributed by atoms with Gasteiger partial charge in [-0.25, -0.2) is 4.79 Å².